The van der Waals surface area contributed by atoms with Crippen LogP contribution in [0.15, 0.2) is 42.5 Å². The molecule has 2 aromatic rings. The van der Waals surface area contributed by atoms with Gasteiger partial charge in [-0.25, -0.2) is 35.1 Å². The Hall–Kier alpha value is -2.57. The van der Waals surface area contributed by atoms with E-state index in [-0.39, 0.29) is 22.3 Å². The number of carbonyl (C=O) groups is 1. The number of nitrogens with zero attached hydrogens (tertiary/aromatic N) is 1. The minimum absolute atomic E-state index is 0.0209. The van der Waals surface area contributed by atoms with Gasteiger partial charge in [-0.05, 0) is 43.4 Å². The van der Waals surface area contributed by atoms with Gasteiger partial charge in [0.05, 0.1) is 18.3 Å². The molecule has 4 rings (SSSR count). The van der Waals surface area contributed by atoms with E-state index in [1.807, 2.05) is 4.72 Å². The van der Waals surface area contributed by atoms with Crippen molar-refractivity contribution in [2.45, 2.75) is 56.7 Å². The first kappa shape index (κ1) is 27.5. The Balaban J connectivity index is 1.72. The first-order valence-corrected chi connectivity index (χ1v) is 13.5. The van der Waals surface area contributed by atoms with E-state index in [1.165, 1.54) is 43.3 Å². The lowest BCUT2D eigenvalue weighted by Crippen LogP contribution is -2.53. The summed E-state index contributed by atoms with van der Waals surface area (Å²) in [6, 6.07) is 5.91. The molecular formula is C25H27F5N2O4S. The van der Waals surface area contributed by atoms with Crippen LogP contribution in [0.1, 0.15) is 37.3 Å². The molecular weight excluding hydrogens is 519 g/mol. The summed E-state index contributed by atoms with van der Waals surface area (Å²) in [7, 11) is -4.11. The van der Waals surface area contributed by atoms with Gasteiger partial charge >= 0.3 is 0 Å². The van der Waals surface area contributed by atoms with E-state index in [9.17, 15) is 22.0 Å². The highest BCUT2D eigenvalue weighted by atomic mass is 32.2. The third-order valence-electron chi connectivity index (χ3n) is 6.75. The van der Waals surface area contributed by atoms with E-state index in [4.69, 9.17) is 4.74 Å². The number of hydrogen-bond donors (Lipinski definition) is 1. The molecule has 2 saturated heterocycles. The quantitative estimate of drug-likeness (QED) is 0.501. The fourth-order valence-electron chi connectivity index (χ4n) is 4.80. The molecule has 6 nitrogen and oxygen atoms in total. The molecule has 2 fully saturated rings. The minimum atomic E-state index is -4.11. The van der Waals surface area contributed by atoms with Crippen LogP contribution in [-0.4, -0.2) is 62.2 Å². The maximum atomic E-state index is 15.7. The predicted molar refractivity (Wildman–Crippen MR) is 126 cm³/mol. The van der Waals surface area contributed by atoms with E-state index in [2.05, 4.69) is 0 Å². The number of halogens is 5. The number of nitrogens with one attached hydrogen (secondary N) is 1. The molecule has 3 atom stereocenters. The van der Waals surface area contributed by atoms with Crippen molar-refractivity contribution in [1.29, 1.82) is 0 Å². The Kier molecular flexibility index (Phi) is 7.91. The molecule has 0 spiro atoms. The molecule has 0 aliphatic carbocycles. The van der Waals surface area contributed by atoms with Crippen molar-refractivity contribution < 1.29 is 39.9 Å². The largest absolute Gasteiger partial charge is 0.368 e. The average Bonchev–Trinajstić information content (AvgIpc) is 3.48. The van der Waals surface area contributed by atoms with Crippen molar-refractivity contribution in [3.05, 3.63) is 59.4 Å². The lowest BCUT2D eigenvalue weighted by Gasteiger charge is -2.30. The monoisotopic (exact) mass is 546 g/mol. The predicted octanol–water partition coefficient (Wildman–Crippen LogP) is 4.31. The molecule has 2 aliphatic rings. The molecule has 1 amide bonds. The fourth-order valence-corrected chi connectivity index (χ4v) is 5.68. The zero-order valence-electron chi connectivity index (χ0n) is 20.0. The van der Waals surface area contributed by atoms with Gasteiger partial charge in [0.25, 0.3) is 18.3 Å². The molecule has 2 aliphatic heterocycles. The van der Waals surface area contributed by atoms with Crippen LogP contribution in [0.25, 0.3) is 11.1 Å². The normalized spacial score (nSPS) is 23.6. The number of amides is 1. The summed E-state index contributed by atoms with van der Waals surface area (Å²) in [6.45, 7) is 0.535. The Bertz CT molecular complexity index is 1250. The second kappa shape index (κ2) is 10.7. The SMILES string of the molecule is CCS(=O)(=O)N[C@@H]1[C@H](Cc2cccc(-c3cccc(C(F)F)c3)c2F)N(C(=O)[C@H]2CCCO2)CC1(F)F. The molecule has 2 aromatic carbocycles. The van der Waals surface area contributed by atoms with Gasteiger partial charge in [0.15, 0.2) is 0 Å². The topological polar surface area (TPSA) is 75.7 Å². The van der Waals surface area contributed by atoms with E-state index in [0.717, 1.165) is 11.0 Å². The maximum Gasteiger partial charge on any atom is 0.283 e. The highest BCUT2D eigenvalue weighted by molar-refractivity contribution is 7.89. The van der Waals surface area contributed by atoms with E-state index < -0.39 is 71.0 Å². The van der Waals surface area contributed by atoms with Crippen LogP contribution in [-0.2, 0) is 26.0 Å². The summed E-state index contributed by atoms with van der Waals surface area (Å²) in [5.74, 6) is -5.62. The molecule has 1 N–H and O–H groups in total. The molecule has 0 radical (unpaired) electrons. The second-order valence-corrected chi connectivity index (χ2v) is 11.2. The van der Waals surface area contributed by atoms with Crippen molar-refractivity contribution in [3.63, 3.8) is 0 Å². The van der Waals surface area contributed by atoms with Crippen LogP contribution in [0.3, 0.4) is 0 Å². The van der Waals surface area contributed by atoms with Crippen LogP contribution >= 0.6 is 0 Å². The van der Waals surface area contributed by atoms with Gasteiger partial charge in [-0.1, -0.05) is 36.4 Å². The summed E-state index contributed by atoms with van der Waals surface area (Å²) in [5.41, 5.74) is -0.217. The molecule has 0 saturated carbocycles. The number of benzene rings is 2. The van der Waals surface area contributed by atoms with Gasteiger partial charge in [0, 0.05) is 17.7 Å². The van der Waals surface area contributed by atoms with E-state index in [1.54, 1.807) is 0 Å². The Labute approximate surface area is 211 Å². The molecule has 202 valence electrons. The van der Waals surface area contributed by atoms with Crippen LogP contribution in [0.4, 0.5) is 22.0 Å². The summed E-state index contributed by atoms with van der Waals surface area (Å²) in [4.78, 5) is 14.0. The number of sulfonamides is 1. The number of ether oxygens (including phenoxy) is 1. The molecule has 0 unspecified atom stereocenters. The molecule has 2 heterocycles. The second-order valence-electron chi connectivity index (χ2n) is 9.20. The minimum Gasteiger partial charge on any atom is -0.368 e. The van der Waals surface area contributed by atoms with Crippen LogP contribution in [0.5, 0.6) is 0 Å². The first-order chi connectivity index (χ1) is 17.4. The third-order valence-corrected chi connectivity index (χ3v) is 8.13. The van der Waals surface area contributed by atoms with Gasteiger partial charge in [-0.3, -0.25) is 4.79 Å². The number of hydrogen-bond acceptors (Lipinski definition) is 4. The lowest BCUT2D eigenvalue weighted by molar-refractivity contribution is -0.143. The Morgan fingerprint density at radius 2 is 1.95 bits per heavy atom. The van der Waals surface area contributed by atoms with Crippen molar-refractivity contribution >= 4 is 15.9 Å². The van der Waals surface area contributed by atoms with Gasteiger partial charge in [0.1, 0.15) is 18.0 Å². The van der Waals surface area contributed by atoms with E-state index in [0.29, 0.717) is 19.4 Å². The summed E-state index contributed by atoms with van der Waals surface area (Å²) < 4.78 is 104. The van der Waals surface area contributed by atoms with Crippen molar-refractivity contribution in [3.8, 4) is 11.1 Å². The van der Waals surface area contributed by atoms with Crippen molar-refractivity contribution in [2.24, 2.45) is 0 Å². The van der Waals surface area contributed by atoms with Crippen LogP contribution in [0.2, 0.25) is 0 Å². The number of likely N-dealkylation sites (tertiary alicyclic amines) is 1. The Morgan fingerprint density at radius 1 is 1.22 bits per heavy atom. The number of carbonyl (C=O) groups excluding carboxylic acids is 1. The zero-order chi connectivity index (χ0) is 27.0. The molecule has 12 heteroatoms. The standard InChI is InChI=1S/C25H27F5N2O4S/c1-2-37(34,35)31-22-19(32(14-25(22,29)30)24(33)20-10-5-11-36-20)13-16-7-4-9-18(21(16)26)15-6-3-8-17(12-15)23(27)28/h3-4,6-9,12,19-20,22-23,31H,2,5,10-11,13-14H2,1H3/t19-,20+,22+/m0/s1. The van der Waals surface area contributed by atoms with Crippen LogP contribution in [0, 0.1) is 5.82 Å². The summed E-state index contributed by atoms with van der Waals surface area (Å²) in [5, 5.41) is 0. The van der Waals surface area contributed by atoms with Gasteiger partial charge in [-0.2, -0.15) is 0 Å². The molecule has 0 aromatic heterocycles. The lowest BCUT2D eigenvalue weighted by atomic mass is 9.94. The average molecular weight is 547 g/mol. The fraction of sp³-hybridized carbons (Fsp3) is 0.480. The van der Waals surface area contributed by atoms with E-state index >= 15 is 13.2 Å². The molecule has 37 heavy (non-hydrogen) atoms. The number of alkyl halides is 4. The summed E-state index contributed by atoms with van der Waals surface area (Å²) >= 11 is 0. The Morgan fingerprint density at radius 3 is 2.59 bits per heavy atom. The van der Waals surface area contributed by atoms with Crippen molar-refractivity contribution in [1.82, 2.24) is 9.62 Å². The van der Waals surface area contributed by atoms with Gasteiger partial charge < -0.3 is 9.64 Å². The maximum absolute atomic E-state index is 15.7. The highest BCUT2D eigenvalue weighted by Crippen LogP contribution is 2.37. The van der Waals surface area contributed by atoms with Crippen molar-refractivity contribution in [2.75, 3.05) is 18.9 Å². The van der Waals surface area contributed by atoms with Gasteiger partial charge in [0.2, 0.25) is 10.0 Å². The summed E-state index contributed by atoms with van der Waals surface area (Å²) in [6.07, 6.45) is -3.22. The smallest absolute Gasteiger partial charge is 0.283 e. The molecule has 0 bridgehead atoms. The zero-order valence-corrected chi connectivity index (χ0v) is 20.8. The highest BCUT2D eigenvalue weighted by Gasteiger charge is 2.57. The number of rotatable bonds is 8. The van der Waals surface area contributed by atoms with Gasteiger partial charge in [-0.15, -0.1) is 0 Å². The van der Waals surface area contributed by atoms with Crippen LogP contribution < -0.4 is 4.72 Å². The third kappa shape index (κ3) is 5.80. The first-order valence-electron chi connectivity index (χ1n) is 11.9.